The molecule has 0 saturated heterocycles. The van der Waals surface area contributed by atoms with Gasteiger partial charge in [0.25, 0.3) is 0 Å². The average Bonchev–Trinajstić information content (AvgIpc) is 2.43. The molecule has 0 aliphatic rings. The van der Waals surface area contributed by atoms with Gasteiger partial charge in [-0.05, 0) is 30.4 Å². The summed E-state index contributed by atoms with van der Waals surface area (Å²) < 4.78 is 0. The smallest absolute Gasteiger partial charge is 0.315 e. The normalized spacial score (nSPS) is 12.0. The Kier molecular flexibility index (Phi) is 6.72. The van der Waals surface area contributed by atoms with Crippen LogP contribution in [0.15, 0.2) is 24.3 Å². The summed E-state index contributed by atoms with van der Waals surface area (Å²) in [4.78, 5) is 22.1. The van der Waals surface area contributed by atoms with Crippen LogP contribution in [-0.2, 0) is 11.3 Å². The average molecular weight is 292 g/mol. The van der Waals surface area contributed by atoms with Crippen molar-refractivity contribution in [3.05, 3.63) is 35.4 Å². The summed E-state index contributed by atoms with van der Waals surface area (Å²) in [5.41, 5.74) is 2.30. The van der Waals surface area contributed by atoms with E-state index >= 15 is 0 Å². The van der Waals surface area contributed by atoms with Gasteiger partial charge in [0, 0.05) is 19.0 Å². The van der Waals surface area contributed by atoms with Crippen molar-refractivity contribution in [3.8, 4) is 0 Å². The molecule has 5 nitrogen and oxygen atoms in total. The third-order valence-corrected chi connectivity index (χ3v) is 3.27. The molecular weight excluding hydrogens is 268 g/mol. The molecule has 0 heterocycles. The molecule has 5 heteroatoms. The molecule has 0 fully saturated rings. The zero-order chi connectivity index (χ0) is 15.8. The van der Waals surface area contributed by atoms with Gasteiger partial charge >= 0.3 is 12.0 Å². The zero-order valence-corrected chi connectivity index (χ0v) is 12.8. The highest BCUT2D eigenvalue weighted by atomic mass is 16.4. The van der Waals surface area contributed by atoms with Crippen LogP contribution in [0.3, 0.4) is 0 Å². The molecule has 2 amide bonds. The molecule has 0 radical (unpaired) electrons. The minimum Gasteiger partial charge on any atom is -0.481 e. The van der Waals surface area contributed by atoms with Gasteiger partial charge in [0.05, 0.1) is 0 Å². The molecule has 1 aromatic rings. The number of urea groups is 1. The maximum absolute atomic E-state index is 11.7. The first-order chi connectivity index (χ1) is 9.88. The molecular formula is C16H24N2O3. The van der Waals surface area contributed by atoms with E-state index in [1.54, 1.807) is 6.92 Å². The molecule has 1 unspecified atom stereocenters. The number of hydrogen-bond donors (Lipinski definition) is 3. The number of aliphatic carboxylic acids is 1. The van der Waals surface area contributed by atoms with E-state index in [9.17, 15) is 9.59 Å². The molecule has 0 aromatic heterocycles. The van der Waals surface area contributed by atoms with Crippen LogP contribution in [0.1, 0.15) is 50.7 Å². The Hall–Kier alpha value is -2.04. The van der Waals surface area contributed by atoms with Crippen LogP contribution in [0.2, 0.25) is 0 Å². The summed E-state index contributed by atoms with van der Waals surface area (Å²) in [6.45, 7) is 6.52. The SMILES string of the molecule is CC(CCC(=O)O)NC(=O)NCc1ccc(C(C)C)cc1. The van der Waals surface area contributed by atoms with E-state index in [0.29, 0.717) is 18.9 Å². The fourth-order valence-electron chi connectivity index (χ4n) is 1.89. The van der Waals surface area contributed by atoms with Crippen LogP contribution in [0.25, 0.3) is 0 Å². The van der Waals surface area contributed by atoms with Crippen molar-refractivity contribution < 1.29 is 14.7 Å². The first kappa shape index (κ1) is 17.0. The lowest BCUT2D eigenvalue weighted by molar-refractivity contribution is -0.137. The predicted molar refractivity (Wildman–Crippen MR) is 82.2 cm³/mol. The first-order valence-corrected chi connectivity index (χ1v) is 7.23. The van der Waals surface area contributed by atoms with Crippen LogP contribution in [0.5, 0.6) is 0 Å². The molecule has 1 aromatic carbocycles. The number of carbonyl (C=O) groups excluding carboxylic acids is 1. The molecule has 1 rings (SSSR count). The van der Waals surface area contributed by atoms with Crippen LogP contribution in [-0.4, -0.2) is 23.1 Å². The van der Waals surface area contributed by atoms with Crippen LogP contribution < -0.4 is 10.6 Å². The second kappa shape index (κ2) is 8.29. The number of benzene rings is 1. The summed E-state index contributed by atoms with van der Waals surface area (Å²) in [5.74, 6) is -0.361. The number of carboxylic acids is 1. The second-order valence-corrected chi connectivity index (χ2v) is 5.56. The van der Waals surface area contributed by atoms with Crippen molar-refractivity contribution in [2.75, 3.05) is 0 Å². The van der Waals surface area contributed by atoms with Crippen molar-refractivity contribution in [2.45, 2.75) is 52.1 Å². The van der Waals surface area contributed by atoms with Crippen LogP contribution in [0, 0.1) is 0 Å². The van der Waals surface area contributed by atoms with E-state index in [4.69, 9.17) is 5.11 Å². The maximum Gasteiger partial charge on any atom is 0.315 e. The highest BCUT2D eigenvalue weighted by Gasteiger charge is 2.08. The number of carboxylic acid groups (broad SMARTS) is 1. The quantitative estimate of drug-likeness (QED) is 0.723. The van der Waals surface area contributed by atoms with Crippen LogP contribution in [0.4, 0.5) is 4.79 Å². The number of nitrogens with one attached hydrogen (secondary N) is 2. The summed E-state index contributed by atoms with van der Waals surface area (Å²) >= 11 is 0. The lowest BCUT2D eigenvalue weighted by Gasteiger charge is -2.14. The topological polar surface area (TPSA) is 78.4 Å². The summed E-state index contributed by atoms with van der Waals surface area (Å²) in [5, 5.41) is 14.1. The minimum atomic E-state index is -0.852. The Morgan fingerprint density at radius 3 is 2.29 bits per heavy atom. The third kappa shape index (κ3) is 6.79. The summed E-state index contributed by atoms with van der Waals surface area (Å²) in [7, 11) is 0. The van der Waals surface area contributed by atoms with E-state index < -0.39 is 5.97 Å². The van der Waals surface area contributed by atoms with E-state index in [1.165, 1.54) is 5.56 Å². The fraction of sp³-hybridized carbons (Fsp3) is 0.500. The highest BCUT2D eigenvalue weighted by molar-refractivity contribution is 5.74. The van der Waals surface area contributed by atoms with Gasteiger partial charge in [-0.1, -0.05) is 38.1 Å². The van der Waals surface area contributed by atoms with Gasteiger partial charge in [0.1, 0.15) is 0 Å². The Morgan fingerprint density at radius 2 is 1.76 bits per heavy atom. The monoisotopic (exact) mass is 292 g/mol. The Morgan fingerprint density at radius 1 is 1.14 bits per heavy atom. The van der Waals surface area contributed by atoms with Gasteiger partial charge in [-0.3, -0.25) is 4.79 Å². The molecule has 21 heavy (non-hydrogen) atoms. The number of carbonyl (C=O) groups is 2. The minimum absolute atomic E-state index is 0.0537. The third-order valence-electron chi connectivity index (χ3n) is 3.27. The largest absolute Gasteiger partial charge is 0.481 e. The van der Waals surface area contributed by atoms with Crippen molar-refractivity contribution >= 4 is 12.0 Å². The molecule has 0 aliphatic heterocycles. The Labute approximate surface area is 125 Å². The van der Waals surface area contributed by atoms with Crippen molar-refractivity contribution in [3.63, 3.8) is 0 Å². The van der Waals surface area contributed by atoms with Gasteiger partial charge < -0.3 is 15.7 Å². The van der Waals surface area contributed by atoms with Gasteiger partial charge in [0.2, 0.25) is 0 Å². The number of rotatable bonds is 7. The highest BCUT2D eigenvalue weighted by Crippen LogP contribution is 2.14. The summed E-state index contributed by atoms with van der Waals surface area (Å²) in [6, 6.07) is 7.70. The Balaban J connectivity index is 2.33. The van der Waals surface area contributed by atoms with Crippen molar-refractivity contribution in [2.24, 2.45) is 0 Å². The van der Waals surface area contributed by atoms with E-state index in [2.05, 4.69) is 36.6 Å². The predicted octanol–water partition coefficient (Wildman–Crippen LogP) is 2.86. The number of hydrogen-bond acceptors (Lipinski definition) is 2. The zero-order valence-electron chi connectivity index (χ0n) is 12.8. The fourth-order valence-corrected chi connectivity index (χ4v) is 1.89. The van der Waals surface area contributed by atoms with Gasteiger partial charge in [-0.15, -0.1) is 0 Å². The molecule has 0 spiro atoms. The number of amides is 2. The van der Waals surface area contributed by atoms with Crippen molar-refractivity contribution in [1.29, 1.82) is 0 Å². The molecule has 0 aliphatic carbocycles. The molecule has 0 saturated carbocycles. The van der Waals surface area contributed by atoms with Crippen LogP contribution >= 0.6 is 0 Å². The molecule has 3 N–H and O–H groups in total. The van der Waals surface area contributed by atoms with Gasteiger partial charge in [-0.2, -0.15) is 0 Å². The lowest BCUT2D eigenvalue weighted by Crippen LogP contribution is -2.40. The van der Waals surface area contributed by atoms with E-state index in [-0.39, 0.29) is 18.5 Å². The van der Waals surface area contributed by atoms with E-state index in [1.807, 2.05) is 12.1 Å². The van der Waals surface area contributed by atoms with E-state index in [0.717, 1.165) is 5.56 Å². The molecule has 1 atom stereocenters. The molecule has 116 valence electrons. The Bertz CT molecular complexity index is 469. The standard InChI is InChI=1S/C16H24N2O3/c1-11(2)14-7-5-13(6-8-14)10-17-16(21)18-12(3)4-9-15(19)20/h5-8,11-12H,4,9-10H2,1-3H3,(H,19,20)(H2,17,18,21). The second-order valence-electron chi connectivity index (χ2n) is 5.56. The molecule has 0 bridgehead atoms. The summed E-state index contributed by atoms with van der Waals surface area (Å²) in [6.07, 6.45) is 0.476. The maximum atomic E-state index is 11.7. The van der Waals surface area contributed by atoms with Gasteiger partial charge in [-0.25, -0.2) is 4.79 Å². The lowest BCUT2D eigenvalue weighted by atomic mass is 10.0. The first-order valence-electron chi connectivity index (χ1n) is 7.23. The van der Waals surface area contributed by atoms with Gasteiger partial charge in [0.15, 0.2) is 0 Å². The van der Waals surface area contributed by atoms with Crippen molar-refractivity contribution in [1.82, 2.24) is 10.6 Å².